The summed E-state index contributed by atoms with van der Waals surface area (Å²) in [5, 5.41) is 12.0. The van der Waals surface area contributed by atoms with Gasteiger partial charge in [-0.05, 0) is 30.7 Å². The monoisotopic (exact) mass is 376 g/mol. The molecule has 6 nitrogen and oxygen atoms in total. The summed E-state index contributed by atoms with van der Waals surface area (Å²) in [4.78, 5) is 23.8. The molecule has 3 aromatic rings. The third-order valence-corrected chi connectivity index (χ3v) is 4.09. The number of aromatic carboxylic acids is 1. The van der Waals surface area contributed by atoms with Crippen molar-refractivity contribution in [1.29, 1.82) is 0 Å². The Morgan fingerprint density at radius 3 is 2.61 bits per heavy atom. The Bertz CT molecular complexity index is 1090. The first-order chi connectivity index (χ1) is 13.5. The van der Waals surface area contributed by atoms with Crippen molar-refractivity contribution in [1.82, 2.24) is 15.0 Å². The number of carboxylic acids is 1. The molecule has 0 unspecified atom stereocenters. The lowest BCUT2D eigenvalue weighted by molar-refractivity contribution is 0.0692. The van der Waals surface area contributed by atoms with Gasteiger partial charge < -0.3 is 10.4 Å². The number of nitrogens with one attached hydrogen (secondary N) is 1. The Kier molecular flexibility index (Phi) is 5.61. The molecule has 0 radical (unpaired) electrons. The normalized spacial score (nSPS) is 10.1. The summed E-state index contributed by atoms with van der Waals surface area (Å²) in [5.41, 5.74) is 2.51. The van der Waals surface area contributed by atoms with Crippen LogP contribution in [-0.2, 0) is 6.42 Å². The molecule has 0 aliphatic rings. The highest BCUT2D eigenvalue weighted by atomic mass is 19.1. The van der Waals surface area contributed by atoms with Crippen molar-refractivity contribution in [3.05, 3.63) is 71.1 Å². The van der Waals surface area contributed by atoms with Gasteiger partial charge in [-0.2, -0.15) is 0 Å². The lowest BCUT2D eigenvalue weighted by Gasteiger charge is -2.08. The topological polar surface area (TPSA) is 88.0 Å². The number of aromatic nitrogens is 3. The number of aryl methyl sites for hydroxylation is 1. The molecule has 0 fully saturated rings. The highest BCUT2D eigenvalue weighted by Gasteiger charge is 2.15. The standard InChI is InChI=1S/C21H17FN4O2/c1-3-18-16(7-4-13-5-9-19(23-2)24-11-13)20(26-12-25-18)14-6-8-15(21(27)28)17(22)10-14/h5-6,8-12H,3H2,1-2H3,(H,23,24)(H,27,28). The van der Waals surface area contributed by atoms with Gasteiger partial charge >= 0.3 is 5.97 Å². The van der Waals surface area contributed by atoms with Crippen LogP contribution in [-0.4, -0.2) is 33.1 Å². The van der Waals surface area contributed by atoms with Gasteiger partial charge in [0.2, 0.25) is 0 Å². The zero-order valence-corrected chi connectivity index (χ0v) is 15.3. The van der Waals surface area contributed by atoms with Crippen molar-refractivity contribution >= 4 is 11.8 Å². The van der Waals surface area contributed by atoms with Crippen LogP contribution in [0.15, 0.2) is 42.9 Å². The molecule has 2 N–H and O–H groups in total. The molecular formula is C21H17FN4O2. The van der Waals surface area contributed by atoms with Gasteiger partial charge in [0.15, 0.2) is 0 Å². The largest absolute Gasteiger partial charge is 0.478 e. The molecule has 28 heavy (non-hydrogen) atoms. The van der Waals surface area contributed by atoms with Crippen LogP contribution in [0.2, 0.25) is 0 Å². The van der Waals surface area contributed by atoms with E-state index in [1.165, 1.54) is 18.5 Å². The molecule has 2 heterocycles. The van der Waals surface area contributed by atoms with E-state index in [0.29, 0.717) is 28.8 Å². The molecule has 0 bridgehead atoms. The molecule has 0 saturated heterocycles. The van der Waals surface area contributed by atoms with Crippen molar-refractivity contribution in [2.45, 2.75) is 13.3 Å². The number of halogens is 1. The molecule has 0 atom stereocenters. The molecule has 3 rings (SSSR count). The van der Waals surface area contributed by atoms with E-state index in [1.54, 1.807) is 13.2 Å². The van der Waals surface area contributed by atoms with Gasteiger partial charge in [-0.15, -0.1) is 0 Å². The summed E-state index contributed by atoms with van der Waals surface area (Å²) in [6, 6.07) is 7.54. The molecule has 0 aliphatic carbocycles. The summed E-state index contributed by atoms with van der Waals surface area (Å²) >= 11 is 0. The van der Waals surface area contributed by atoms with Crippen LogP contribution in [0.25, 0.3) is 11.3 Å². The van der Waals surface area contributed by atoms with Crippen LogP contribution in [0.3, 0.4) is 0 Å². The minimum Gasteiger partial charge on any atom is -0.478 e. The van der Waals surface area contributed by atoms with Crippen LogP contribution in [0, 0.1) is 17.7 Å². The first-order valence-corrected chi connectivity index (χ1v) is 8.56. The van der Waals surface area contributed by atoms with Crippen molar-refractivity contribution in [2.75, 3.05) is 12.4 Å². The summed E-state index contributed by atoms with van der Waals surface area (Å²) < 4.78 is 14.1. The summed E-state index contributed by atoms with van der Waals surface area (Å²) in [5.74, 6) is 4.69. The van der Waals surface area contributed by atoms with E-state index in [-0.39, 0.29) is 0 Å². The van der Waals surface area contributed by atoms with Crippen molar-refractivity contribution in [2.24, 2.45) is 0 Å². The molecule has 0 spiro atoms. The predicted molar refractivity (Wildman–Crippen MR) is 104 cm³/mol. The van der Waals surface area contributed by atoms with E-state index < -0.39 is 17.3 Å². The lowest BCUT2D eigenvalue weighted by atomic mass is 10.0. The predicted octanol–water partition coefficient (Wildman–Crippen LogP) is 3.38. The van der Waals surface area contributed by atoms with E-state index in [4.69, 9.17) is 5.11 Å². The number of anilines is 1. The second-order valence-corrected chi connectivity index (χ2v) is 5.83. The average molecular weight is 376 g/mol. The fraction of sp³-hybridized carbons (Fsp3) is 0.143. The Balaban J connectivity index is 2.08. The second kappa shape index (κ2) is 8.27. The Morgan fingerprint density at radius 2 is 2.00 bits per heavy atom. The first-order valence-electron chi connectivity index (χ1n) is 8.56. The highest BCUT2D eigenvalue weighted by molar-refractivity contribution is 5.88. The van der Waals surface area contributed by atoms with Crippen molar-refractivity contribution < 1.29 is 14.3 Å². The number of hydrogen-bond donors (Lipinski definition) is 2. The van der Waals surface area contributed by atoms with E-state index >= 15 is 0 Å². The van der Waals surface area contributed by atoms with Crippen LogP contribution in [0.1, 0.15) is 34.1 Å². The zero-order valence-electron chi connectivity index (χ0n) is 15.3. The number of pyridine rings is 1. The SMILES string of the molecule is CCc1ncnc(-c2ccc(C(=O)O)c(F)c2)c1C#Cc1ccc(NC)nc1. The zero-order chi connectivity index (χ0) is 20.1. The number of rotatable bonds is 4. The third-order valence-electron chi connectivity index (χ3n) is 4.09. The van der Waals surface area contributed by atoms with Gasteiger partial charge in [0, 0.05) is 24.4 Å². The van der Waals surface area contributed by atoms with Gasteiger partial charge in [0.05, 0.1) is 22.5 Å². The summed E-state index contributed by atoms with van der Waals surface area (Å²) in [7, 11) is 1.78. The molecular weight excluding hydrogens is 359 g/mol. The minimum atomic E-state index is -1.32. The summed E-state index contributed by atoms with van der Waals surface area (Å²) in [6.07, 6.45) is 3.66. The van der Waals surface area contributed by atoms with Crippen molar-refractivity contribution in [3.8, 4) is 23.1 Å². The van der Waals surface area contributed by atoms with Crippen LogP contribution < -0.4 is 5.32 Å². The highest BCUT2D eigenvalue weighted by Crippen LogP contribution is 2.25. The second-order valence-electron chi connectivity index (χ2n) is 5.83. The van der Waals surface area contributed by atoms with Gasteiger partial charge in [-0.3, -0.25) is 0 Å². The fourth-order valence-corrected chi connectivity index (χ4v) is 2.63. The maximum absolute atomic E-state index is 14.1. The van der Waals surface area contributed by atoms with Crippen LogP contribution in [0.5, 0.6) is 0 Å². The molecule has 1 aromatic carbocycles. The van der Waals surface area contributed by atoms with Gasteiger partial charge in [0.25, 0.3) is 0 Å². The number of nitrogens with zero attached hydrogens (tertiary/aromatic N) is 3. The lowest BCUT2D eigenvalue weighted by Crippen LogP contribution is -2.02. The van der Waals surface area contributed by atoms with E-state index in [1.807, 2.05) is 19.1 Å². The Morgan fingerprint density at radius 1 is 1.18 bits per heavy atom. The van der Waals surface area contributed by atoms with Gasteiger partial charge in [-0.1, -0.05) is 24.8 Å². The average Bonchev–Trinajstić information content (AvgIpc) is 2.72. The maximum Gasteiger partial charge on any atom is 0.338 e. The van der Waals surface area contributed by atoms with Crippen molar-refractivity contribution in [3.63, 3.8) is 0 Å². The van der Waals surface area contributed by atoms with Gasteiger partial charge in [-0.25, -0.2) is 24.1 Å². The molecule has 140 valence electrons. The summed E-state index contributed by atoms with van der Waals surface area (Å²) in [6.45, 7) is 1.94. The minimum absolute atomic E-state index is 0.392. The molecule has 0 aliphatic heterocycles. The first kappa shape index (κ1) is 19.0. The van der Waals surface area contributed by atoms with Crippen LogP contribution >= 0.6 is 0 Å². The molecule has 0 saturated carbocycles. The maximum atomic E-state index is 14.1. The fourth-order valence-electron chi connectivity index (χ4n) is 2.63. The number of carbonyl (C=O) groups is 1. The van der Waals surface area contributed by atoms with E-state index in [0.717, 1.165) is 17.6 Å². The molecule has 0 amide bonds. The number of hydrogen-bond acceptors (Lipinski definition) is 5. The Hall–Kier alpha value is -3.79. The quantitative estimate of drug-likeness (QED) is 0.679. The molecule has 7 heteroatoms. The number of carboxylic acid groups (broad SMARTS) is 1. The van der Waals surface area contributed by atoms with E-state index in [2.05, 4.69) is 32.1 Å². The van der Waals surface area contributed by atoms with Crippen LogP contribution in [0.4, 0.5) is 10.2 Å². The molecule has 2 aromatic heterocycles. The Labute approximate surface area is 161 Å². The number of benzene rings is 1. The smallest absolute Gasteiger partial charge is 0.338 e. The van der Waals surface area contributed by atoms with E-state index in [9.17, 15) is 9.18 Å². The van der Waals surface area contributed by atoms with Gasteiger partial charge in [0.1, 0.15) is 18.0 Å². The third kappa shape index (κ3) is 3.96.